The molecule has 1 saturated heterocycles. The molecule has 1 aromatic rings. The van der Waals surface area contributed by atoms with E-state index in [0.29, 0.717) is 36.3 Å². The second kappa shape index (κ2) is 8.55. The Morgan fingerprint density at radius 2 is 2.27 bits per heavy atom. The van der Waals surface area contributed by atoms with E-state index in [-0.39, 0.29) is 18.2 Å². The number of benzene rings is 1. The molecule has 2 amide bonds. The van der Waals surface area contributed by atoms with Gasteiger partial charge in [-0.25, -0.2) is 10.3 Å². The highest BCUT2D eigenvalue weighted by molar-refractivity contribution is 6.42. The molecule has 2 unspecified atom stereocenters. The molecule has 0 aliphatic carbocycles. The summed E-state index contributed by atoms with van der Waals surface area (Å²) in [5.74, 6) is 0. The largest absolute Gasteiger partial charge is 0.369 e. The van der Waals surface area contributed by atoms with Gasteiger partial charge >= 0.3 is 6.03 Å². The molecule has 3 N–H and O–H groups in total. The van der Waals surface area contributed by atoms with Gasteiger partial charge in [0.1, 0.15) is 12.2 Å². The SMILES string of the molecule is CCNC(=O)NOC1CNCCOC1c1ccc(Cl)c(Cl)c1. The van der Waals surface area contributed by atoms with Crippen LogP contribution in [0.3, 0.4) is 0 Å². The van der Waals surface area contributed by atoms with Gasteiger partial charge in [-0.05, 0) is 24.6 Å². The third-order valence-electron chi connectivity index (χ3n) is 3.17. The number of hydrogen-bond donors (Lipinski definition) is 3. The molecule has 2 rings (SSSR count). The highest BCUT2D eigenvalue weighted by Crippen LogP contribution is 2.30. The topological polar surface area (TPSA) is 71.6 Å². The molecule has 6 nitrogen and oxygen atoms in total. The molecule has 0 saturated carbocycles. The van der Waals surface area contributed by atoms with Gasteiger partial charge in [0.15, 0.2) is 0 Å². The molecule has 22 heavy (non-hydrogen) atoms. The Hall–Kier alpha value is -1.05. The molecule has 0 bridgehead atoms. The quantitative estimate of drug-likeness (QED) is 0.730. The van der Waals surface area contributed by atoms with Gasteiger partial charge in [-0.2, -0.15) is 0 Å². The minimum Gasteiger partial charge on any atom is -0.369 e. The van der Waals surface area contributed by atoms with Crippen LogP contribution in [-0.4, -0.2) is 38.4 Å². The molecule has 1 fully saturated rings. The summed E-state index contributed by atoms with van der Waals surface area (Å²) < 4.78 is 5.83. The average Bonchev–Trinajstić information content (AvgIpc) is 2.74. The number of hydroxylamine groups is 1. The summed E-state index contributed by atoms with van der Waals surface area (Å²) in [5.41, 5.74) is 3.23. The first-order chi connectivity index (χ1) is 10.6. The summed E-state index contributed by atoms with van der Waals surface area (Å²) in [6.45, 7) is 4.13. The first-order valence-corrected chi connectivity index (χ1v) is 7.84. The molecule has 8 heteroatoms. The molecule has 1 aliphatic heterocycles. The van der Waals surface area contributed by atoms with Gasteiger partial charge in [0.05, 0.1) is 16.7 Å². The Morgan fingerprint density at radius 3 is 3.00 bits per heavy atom. The molecule has 122 valence electrons. The fourth-order valence-electron chi connectivity index (χ4n) is 2.15. The zero-order valence-corrected chi connectivity index (χ0v) is 13.7. The minimum atomic E-state index is -0.389. The number of carbonyl (C=O) groups is 1. The Labute approximate surface area is 139 Å². The lowest BCUT2D eigenvalue weighted by molar-refractivity contribution is -0.0869. The third-order valence-corrected chi connectivity index (χ3v) is 3.91. The van der Waals surface area contributed by atoms with Crippen molar-refractivity contribution in [2.75, 3.05) is 26.2 Å². The number of carbonyl (C=O) groups excluding carboxylic acids is 1. The van der Waals surface area contributed by atoms with Crippen molar-refractivity contribution in [2.45, 2.75) is 19.1 Å². The van der Waals surface area contributed by atoms with Gasteiger partial charge in [-0.3, -0.25) is 4.84 Å². The first-order valence-electron chi connectivity index (χ1n) is 7.08. The smallest absolute Gasteiger partial charge is 0.338 e. The Morgan fingerprint density at radius 1 is 1.45 bits per heavy atom. The van der Waals surface area contributed by atoms with E-state index >= 15 is 0 Å². The predicted octanol–water partition coefficient (Wildman–Crippen LogP) is 2.27. The van der Waals surface area contributed by atoms with Crippen molar-refractivity contribution >= 4 is 29.2 Å². The molecule has 1 aliphatic rings. The van der Waals surface area contributed by atoms with Crippen molar-refractivity contribution in [3.63, 3.8) is 0 Å². The monoisotopic (exact) mass is 347 g/mol. The van der Waals surface area contributed by atoms with Crippen molar-refractivity contribution < 1.29 is 14.4 Å². The van der Waals surface area contributed by atoms with Crippen LogP contribution in [0.5, 0.6) is 0 Å². The van der Waals surface area contributed by atoms with E-state index in [0.717, 1.165) is 5.56 Å². The number of nitrogens with one attached hydrogen (secondary N) is 3. The third kappa shape index (κ3) is 4.72. The number of urea groups is 1. The van der Waals surface area contributed by atoms with E-state index in [1.807, 2.05) is 13.0 Å². The van der Waals surface area contributed by atoms with Crippen LogP contribution < -0.4 is 16.1 Å². The molecular weight excluding hydrogens is 329 g/mol. The van der Waals surface area contributed by atoms with Crippen molar-refractivity contribution in [2.24, 2.45) is 0 Å². The van der Waals surface area contributed by atoms with Gasteiger partial charge in [0.25, 0.3) is 0 Å². The Bertz CT molecular complexity index is 516. The highest BCUT2D eigenvalue weighted by atomic mass is 35.5. The number of hydrogen-bond acceptors (Lipinski definition) is 4. The maximum absolute atomic E-state index is 11.5. The molecule has 0 aromatic heterocycles. The first kappa shape index (κ1) is 17.3. The molecule has 1 heterocycles. The molecule has 2 atom stereocenters. The summed E-state index contributed by atoms with van der Waals surface area (Å²) in [6, 6.07) is 4.92. The maximum atomic E-state index is 11.5. The number of rotatable bonds is 4. The van der Waals surface area contributed by atoms with E-state index in [4.69, 9.17) is 32.8 Å². The van der Waals surface area contributed by atoms with Crippen LogP contribution in [0.4, 0.5) is 4.79 Å². The number of halogens is 2. The molecule has 1 aromatic carbocycles. The molecule has 0 spiro atoms. The molecule has 0 radical (unpaired) electrons. The second-order valence-electron chi connectivity index (χ2n) is 4.79. The van der Waals surface area contributed by atoms with Crippen LogP contribution in [0.2, 0.25) is 10.0 Å². The van der Waals surface area contributed by atoms with E-state index in [2.05, 4.69) is 16.1 Å². The highest BCUT2D eigenvalue weighted by Gasteiger charge is 2.28. The lowest BCUT2D eigenvalue weighted by atomic mass is 10.0. The fraction of sp³-hybridized carbons (Fsp3) is 0.500. The van der Waals surface area contributed by atoms with Gasteiger partial charge < -0.3 is 15.4 Å². The summed E-state index contributed by atoms with van der Waals surface area (Å²) in [7, 11) is 0. The van der Waals surface area contributed by atoms with E-state index in [9.17, 15) is 4.79 Å². The zero-order chi connectivity index (χ0) is 15.9. The molecular formula is C14H19Cl2N3O3. The number of ether oxygens (including phenoxy) is 1. The van der Waals surface area contributed by atoms with Crippen molar-refractivity contribution in [3.8, 4) is 0 Å². The summed E-state index contributed by atoms with van der Waals surface area (Å²) in [5, 5.41) is 6.73. The zero-order valence-electron chi connectivity index (χ0n) is 12.2. The van der Waals surface area contributed by atoms with Crippen LogP contribution in [0.1, 0.15) is 18.6 Å². The Kier molecular flexibility index (Phi) is 6.72. The second-order valence-corrected chi connectivity index (χ2v) is 5.60. The van der Waals surface area contributed by atoms with Crippen molar-refractivity contribution in [1.82, 2.24) is 16.1 Å². The summed E-state index contributed by atoms with van der Waals surface area (Å²) in [4.78, 5) is 17.0. The lowest BCUT2D eigenvalue weighted by Gasteiger charge is -2.25. The maximum Gasteiger partial charge on any atom is 0.338 e. The standard InChI is InChI=1S/C14H19Cl2N3O3/c1-2-18-14(20)19-22-12-8-17-5-6-21-13(12)9-3-4-10(15)11(16)7-9/h3-4,7,12-13,17H,2,5-6,8H2,1H3,(H2,18,19,20). The van der Waals surface area contributed by atoms with Crippen LogP contribution in [0, 0.1) is 0 Å². The van der Waals surface area contributed by atoms with Gasteiger partial charge in [-0.1, -0.05) is 29.3 Å². The number of amides is 2. The fourth-order valence-corrected chi connectivity index (χ4v) is 2.45. The lowest BCUT2D eigenvalue weighted by Crippen LogP contribution is -2.42. The summed E-state index contributed by atoms with van der Waals surface area (Å²) >= 11 is 12.0. The van der Waals surface area contributed by atoms with Gasteiger partial charge in [0, 0.05) is 19.6 Å². The van der Waals surface area contributed by atoms with E-state index < -0.39 is 0 Å². The van der Waals surface area contributed by atoms with Crippen LogP contribution in [0.15, 0.2) is 18.2 Å². The van der Waals surface area contributed by atoms with Gasteiger partial charge in [-0.15, -0.1) is 0 Å². The minimum absolute atomic E-state index is 0.355. The predicted molar refractivity (Wildman–Crippen MR) is 85.1 cm³/mol. The average molecular weight is 348 g/mol. The summed E-state index contributed by atoms with van der Waals surface area (Å²) in [6.07, 6.45) is -0.742. The van der Waals surface area contributed by atoms with Crippen LogP contribution >= 0.6 is 23.2 Å². The van der Waals surface area contributed by atoms with E-state index in [1.54, 1.807) is 12.1 Å². The van der Waals surface area contributed by atoms with Crippen LogP contribution in [0.25, 0.3) is 0 Å². The van der Waals surface area contributed by atoms with Gasteiger partial charge in [0.2, 0.25) is 0 Å². The Balaban J connectivity index is 2.09. The van der Waals surface area contributed by atoms with Crippen molar-refractivity contribution in [1.29, 1.82) is 0 Å². The normalized spacial score (nSPS) is 22.0. The van der Waals surface area contributed by atoms with E-state index in [1.165, 1.54) is 0 Å². The van der Waals surface area contributed by atoms with Crippen molar-refractivity contribution in [3.05, 3.63) is 33.8 Å². The van der Waals surface area contributed by atoms with Crippen LogP contribution in [-0.2, 0) is 9.57 Å².